The van der Waals surface area contributed by atoms with Crippen LogP contribution in [0.5, 0.6) is 0 Å². The quantitative estimate of drug-likeness (QED) is 0.413. The number of halogens is 2. The van der Waals surface area contributed by atoms with Crippen LogP contribution < -0.4 is 14.3 Å². The molecule has 0 unspecified atom stereocenters. The van der Waals surface area contributed by atoms with Crippen molar-refractivity contribution in [3.8, 4) is 0 Å². The Hall–Kier alpha value is -2.79. The standard InChI is InChI=1S/C23H23Cl2N3O5S2/c1-15-6-4-7-16(2)23(15)28(34(3,30)31)14-21(29)26-17-10-12-18(13-11-17)35(32,33)27-20-9-5-8-19(24)22(20)25/h4-13,27H,14H2,1-3H3,(H,26,29). The largest absolute Gasteiger partial charge is 0.325 e. The molecule has 0 atom stereocenters. The predicted octanol–water partition coefficient (Wildman–Crippen LogP) is 4.82. The summed E-state index contributed by atoms with van der Waals surface area (Å²) in [5.74, 6) is -0.586. The second-order valence-corrected chi connectivity index (χ2v) is 12.2. The number of carbonyl (C=O) groups excluding carboxylic acids is 1. The van der Waals surface area contributed by atoms with Crippen molar-refractivity contribution in [1.82, 2.24) is 0 Å². The highest BCUT2D eigenvalue weighted by atomic mass is 35.5. The summed E-state index contributed by atoms with van der Waals surface area (Å²) in [5, 5.41) is 2.87. The van der Waals surface area contributed by atoms with Gasteiger partial charge in [-0.2, -0.15) is 0 Å². The fourth-order valence-corrected chi connectivity index (χ4v) is 5.84. The summed E-state index contributed by atoms with van der Waals surface area (Å²) in [7, 11) is -7.72. The lowest BCUT2D eigenvalue weighted by molar-refractivity contribution is -0.114. The number of rotatable bonds is 8. The number of benzene rings is 3. The Morgan fingerprint density at radius 1 is 0.886 bits per heavy atom. The first-order valence-corrected chi connectivity index (χ1v) is 14.3. The molecular formula is C23H23Cl2N3O5S2. The maximum Gasteiger partial charge on any atom is 0.261 e. The highest BCUT2D eigenvalue weighted by Crippen LogP contribution is 2.31. The van der Waals surface area contributed by atoms with Crippen LogP contribution in [0.2, 0.25) is 10.0 Å². The van der Waals surface area contributed by atoms with Gasteiger partial charge in [-0.25, -0.2) is 16.8 Å². The lowest BCUT2D eigenvalue weighted by Crippen LogP contribution is -2.38. The van der Waals surface area contributed by atoms with Crippen LogP contribution in [0, 0.1) is 13.8 Å². The number of hydrogen-bond donors (Lipinski definition) is 2. The number of carbonyl (C=O) groups is 1. The third-order valence-electron chi connectivity index (χ3n) is 5.02. The van der Waals surface area contributed by atoms with Gasteiger partial charge in [-0.1, -0.05) is 47.5 Å². The van der Waals surface area contributed by atoms with Crippen LogP contribution in [0.1, 0.15) is 11.1 Å². The molecule has 0 fully saturated rings. The van der Waals surface area contributed by atoms with Crippen LogP contribution in [0.4, 0.5) is 17.1 Å². The molecule has 3 rings (SSSR count). The number of anilines is 3. The molecule has 0 heterocycles. The summed E-state index contributed by atoms with van der Waals surface area (Å²) in [6, 6.07) is 15.3. The second kappa shape index (κ2) is 10.4. The number of sulfonamides is 2. The Bertz CT molecular complexity index is 1460. The van der Waals surface area contributed by atoms with Gasteiger partial charge in [0.05, 0.1) is 32.6 Å². The maximum absolute atomic E-state index is 12.7. The van der Waals surface area contributed by atoms with Crippen molar-refractivity contribution in [1.29, 1.82) is 0 Å². The summed E-state index contributed by atoms with van der Waals surface area (Å²) < 4.78 is 53.7. The van der Waals surface area contributed by atoms with Gasteiger partial charge in [0.25, 0.3) is 10.0 Å². The smallest absolute Gasteiger partial charge is 0.261 e. The van der Waals surface area contributed by atoms with Gasteiger partial charge in [-0.3, -0.25) is 13.8 Å². The first-order chi connectivity index (χ1) is 16.3. The minimum absolute atomic E-state index is 0.0696. The first-order valence-electron chi connectivity index (χ1n) is 10.2. The molecule has 0 aliphatic heterocycles. The molecule has 0 aliphatic carbocycles. The molecule has 8 nitrogen and oxygen atoms in total. The molecule has 35 heavy (non-hydrogen) atoms. The summed E-state index contributed by atoms with van der Waals surface area (Å²) in [6.07, 6.45) is 1.03. The van der Waals surface area contributed by atoms with Crippen LogP contribution in [-0.4, -0.2) is 35.5 Å². The molecule has 0 saturated heterocycles. The van der Waals surface area contributed by atoms with E-state index in [4.69, 9.17) is 23.2 Å². The molecule has 3 aromatic carbocycles. The van der Waals surface area contributed by atoms with Crippen LogP contribution >= 0.6 is 23.2 Å². The number of para-hydroxylation sites is 1. The van der Waals surface area contributed by atoms with E-state index in [1.54, 1.807) is 38.1 Å². The summed E-state index contributed by atoms with van der Waals surface area (Å²) in [5.41, 5.74) is 2.29. The number of aryl methyl sites for hydroxylation is 2. The number of nitrogens with zero attached hydrogens (tertiary/aromatic N) is 1. The monoisotopic (exact) mass is 555 g/mol. The lowest BCUT2D eigenvalue weighted by atomic mass is 10.1. The molecule has 0 aliphatic rings. The second-order valence-electron chi connectivity index (χ2n) is 7.79. The van der Waals surface area contributed by atoms with E-state index >= 15 is 0 Å². The molecule has 1 amide bonds. The molecule has 186 valence electrons. The van der Waals surface area contributed by atoms with Crippen molar-refractivity contribution >= 4 is 66.2 Å². The van der Waals surface area contributed by atoms with Crippen molar-refractivity contribution in [2.24, 2.45) is 0 Å². The summed E-state index contributed by atoms with van der Waals surface area (Å²) in [6.45, 7) is 3.09. The van der Waals surface area contributed by atoms with Crippen LogP contribution in [0.15, 0.2) is 65.6 Å². The number of nitrogens with one attached hydrogen (secondary N) is 2. The average Bonchev–Trinajstić information content (AvgIpc) is 2.75. The van der Waals surface area contributed by atoms with Crippen LogP contribution in [-0.2, 0) is 24.8 Å². The summed E-state index contributed by atoms with van der Waals surface area (Å²) >= 11 is 12.0. The number of amides is 1. The third kappa shape index (κ3) is 6.46. The van der Waals surface area contributed by atoms with Gasteiger partial charge in [0.1, 0.15) is 6.54 Å². The van der Waals surface area contributed by atoms with Crippen molar-refractivity contribution in [3.05, 3.63) is 81.8 Å². The zero-order valence-corrected chi connectivity index (χ0v) is 22.2. The van der Waals surface area contributed by atoms with Gasteiger partial charge in [0.2, 0.25) is 15.9 Å². The van der Waals surface area contributed by atoms with E-state index in [1.807, 2.05) is 0 Å². The Morgan fingerprint density at radius 3 is 2.03 bits per heavy atom. The zero-order valence-electron chi connectivity index (χ0n) is 19.0. The van der Waals surface area contributed by atoms with E-state index in [9.17, 15) is 21.6 Å². The molecule has 2 N–H and O–H groups in total. The molecule has 3 aromatic rings. The van der Waals surface area contributed by atoms with Gasteiger partial charge >= 0.3 is 0 Å². The predicted molar refractivity (Wildman–Crippen MR) is 140 cm³/mol. The molecule has 0 spiro atoms. The minimum Gasteiger partial charge on any atom is -0.325 e. The van der Waals surface area contributed by atoms with Gasteiger partial charge in [-0.05, 0) is 61.4 Å². The fraction of sp³-hybridized carbons (Fsp3) is 0.174. The van der Waals surface area contributed by atoms with Gasteiger partial charge in [-0.15, -0.1) is 0 Å². The van der Waals surface area contributed by atoms with Crippen molar-refractivity contribution < 1.29 is 21.6 Å². The van der Waals surface area contributed by atoms with Crippen LogP contribution in [0.25, 0.3) is 0 Å². The Kier molecular flexibility index (Phi) is 8.00. The Labute approximate surface area is 215 Å². The lowest BCUT2D eigenvalue weighted by Gasteiger charge is -2.25. The topological polar surface area (TPSA) is 113 Å². The normalized spacial score (nSPS) is 11.7. The molecule has 0 bridgehead atoms. The van der Waals surface area contributed by atoms with Gasteiger partial charge < -0.3 is 5.32 Å². The zero-order chi connectivity index (χ0) is 26.0. The first kappa shape index (κ1) is 26.8. The SMILES string of the molecule is Cc1cccc(C)c1N(CC(=O)Nc1ccc(S(=O)(=O)Nc2cccc(Cl)c2Cl)cc1)S(C)(=O)=O. The Morgan fingerprint density at radius 2 is 1.46 bits per heavy atom. The van der Waals surface area contributed by atoms with E-state index in [0.29, 0.717) is 22.5 Å². The molecule has 0 radical (unpaired) electrons. The van der Waals surface area contributed by atoms with E-state index < -0.39 is 32.5 Å². The summed E-state index contributed by atoms with van der Waals surface area (Å²) in [4.78, 5) is 12.6. The fourth-order valence-electron chi connectivity index (χ4n) is 3.40. The Balaban J connectivity index is 1.76. The molecule has 12 heteroatoms. The van der Waals surface area contributed by atoms with Crippen molar-refractivity contribution in [2.75, 3.05) is 27.1 Å². The van der Waals surface area contributed by atoms with Crippen molar-refractivity contribution in [2.45, 2.75) is 18.7 Å². The minimum atomic E-state index is -3.98. The van der Waals surface area contributed by atoms with Gasteiger partial charge in [0.15, 0.2) is 0 Å². The van der Waals surface area contributed by atoms with E-state index in [1.165, 1.54) is 36.4 Å². The van der Waals surface area contributed by atoms with E-state index in [0.717, 1.165) is 10.6 Å². The van der Waals surface area contributed by atoms with Crippen LogP contribution in [0.3, 0.4) is 0 Å². The molecule has 0 saturated carbocycles. The van der Waals surface area contributed by atoms with E-state index in [2.05, 4.69) is 10.0 Å². The highest BCUT2D eigenvalue weighted by Gasteiger charge is 2.24. The molecule has 0 aromatic heterocycles. The molecular weight excluding hydrogens is 533 g/mol. The highest BCUT2D eigenvalue weighted by molar-refractivity contribution is 7.92. The van der Waals surface area contributed by atoms with E-state index in [-0.39, 0.29) is 20.6 Å². The third-order valence-corrected chi connectivity index (χ3v) is 8.33. The van der Waals surface area contributed by atoms with Gasteiger partial charge in [0, 0.05) is 5.69 Å². The number of hydrogen-bond acceptors (Lipinski definition) is 5. The average molecular weight is 556 g/mol. The van der Waals surface area contributed by atoms with Crippen molar-refractivity contribution in [3.63, 3.8) is 0 Å². The maximum atomic E-state index is 12.7.